The number of nitrogens with zero attached hydrogens (tertiary/aromatic N) is 4. The maximum atomic E-state index is 5.43. The van der Waals surface area contributed by atoms with Gasteiger partial charge in [0.05, 0.1) is 19.9 Å². The van der Waals surface area contributed by atoms with Crippen molar-refractivity contribution in [3.8, 4) is 5.88 Å². The SMILES string of the molecule is CONC(=Nc1cc(C)c(C)nc1OC)N1CCN(c2ccccc2SC)CC1. The van der Waals surface area contributed by atoms with Crippen molar-refractivity contribution in [3.05, 3.63) is 41.6 Å². The fraction of sp³-hybridized carbons (Fsp3) is 0.429. The lowest BCUT2D eigenvalue weighted by Gasteiger charge is -2.38. The topological polar surface area (TPSA) is 62.2 Å². The molecule has 7 nitrogen and oxygen atoms in total. The average Bonchev–Trinajstić information content (AvgIpc) is 2.75. The van der Waals surface area contributed by atoms with Crippen molar-refractivity contribution in [1.29, 1.82) is 0 Å². The summed E-state index contributed by atoms with van der Waals surface area (Å²) in [5.74, 6) is 1.17. The second kappa shape index (κ2) is 9.84. The number of rotatable bonds is 5. The van der Waals surface area contributed by atoms with Crippen molar-refractivity contribution in [2.24, 2.45) is 4.99 Å². The van der Waals surface area contributed by atoms with E-state index in [4.69, 9.17) is 14.6 Å². The van der Waals surface area contributed by atoms with Crippen molar-refractivity contribution in [3.63, 3.8) is 0 Å². The van der Waals surface area contributed by atoms with E-state index in [1.807, 2.05) is 19.9 Å². The average molecular weight is 416 g/mol. The van der Waals surface area contributed by atoms with Gasteiger partial charge in [0.1, 0.15) is 5.69 Å². The zero-order valence-electron chi connectivity index (χ0n) is 17.7. The predicted molar refractivity (Wildman–Crippen MR) is 120 cm³/mol. The molecule has 2 aromatic rings. The van der Waals surface area contributed by atoms with Crippen LogP contribution in [0.5, 0.6) is 5.88 Å². The number of ether oxygens (including phenoxy) is 1. The molecule has 2 heterocycles. The molecule has 3 rings (SSSR count). The molecular formula is C21H29N5O2S. The minimum absolute atomic E-state index is 0.510. The van der Waals surface area contributed by atoms with Crippen LogP contribution in [-0.2, 0) is 4.84 Å². The second-order valence-electron chi connectivity index (χ2n) is 6.81. The minimum Gasteiger partial charge on any atom is -0.479 e. The van der Waals surface area contributed by atoms with Crippen LogP contribution < -0.4 is 15.1 Å². The third-order valence-corrected chi connectivity index (χ3v) is 5.82. The molecule has 0 bridgehead atoms. The lowest BCUT2D eigenvalue weighted by Crippen LogP contribution is -2.52. The van der Waals surface area contributed by atoms with E-state index in [1.165, 1.54) is 10.6 Å². The summed E-state index contributed by atoms with van der Waals surface area (Å²) in [6.45, 7) is 7.46. The van der Waals surface area contributed by atoms with Crippen molar-refractivity contribution in [2.45, 2.75) is 18.7 Å². The summed E-state index contributed by atoms with van der Waals surface area (Å²) in [6.07, 6.45) is 2.12. The Bertz CT molecular complexity index is 866. The number of methoxy groups -OCH3 is 1. The van der Waals surface area contributed by atoms with Gasteiger partial charge < -0.3 is 14.5 Å². The largest absolute Gasteiger partial charge is 0.479 e. The number of pyridine rings is 1. The summed E-state index contributed by atoms with van der Waals surface area (Å²) in [5, 5.41) is 0. The first-order valence-corrected chi connectivity index (χ1v) is 10.8. The first-order valence-electron chi connectivity index (χ1n) is 9.60. The number of anilines is 1. The number of nitrogens with one attached hydrogen (secondary N) is 1. The Kier molecular flexibility index (Phi) is 7.22. The van der Waals surface area contributed by atoms with Crippen LogP contribution in [0.1, 0.15) is 11.3 Å². The van der Waals surface area contributed by atoms with Crippen LogP contribution in [0.4, 0.5) is 11.4 Å². The number of hydroxylamine groups is 1. The lowest BCUT2D eigenvalue weighted by atomic mass is 10.2. The molecule has 0 amide bonds. The van der Waals surface area contributed by atoms with Gasteiger partial charge in [-0.2, -0.15) is 0 Å². The number of thioether (sulfide) groups is 1. The van der Waals surface area contributed by atoms with Crippen molar-refractivity contribution < 1.29 is 9.57 Å². The highest BCUT2D eigenvalue weighted by atomic mass is 32.2. The second-order valence-corrected chi connectivity index (χ2v) is 7.65. The van der Waals surface area contributed by atoms with Crippen molar-refractivity contribution in [2.75, 3.05) is 51.6 Å². The summed E-state index contributed by atoms with van der Waals surface area (Å²) < 4.78 is 5.43. The monoisotopic (exact) mass is 415 g/mol. The molecular weight excluding hydrogens is 386 g/mol. The van der Waals surface area contributed by atoms with Crippen LogP contribution in [0.25, 0.3) is 0 Å². The van der Waals surface area contributed by atoms with Crippen molar-refractivity contribution in [1.82, 2.24) is 15.4 Å². The number of aromatic nitrogens is 1. The van der Waals surface area contributed by atoms with Gasteiger partial charge in [-0.05, 0) is 43.9 Å². The van der Waals surface area contributed by atoms with Gasteiger partial charge in [-0.3, -0.25) is 4.84 Å². The van der Waals surface area contributed by atoms with Gasteiger partial charge in [0, 0.05) is 36.8 Å². The van der Waals surface area contributed by atoms with Gasteiger partial charge in [-0.15, -0.1) is 11.8 Å². The summed E-state index contributed by atoms with van der Waals surface area (Å²) in [7, 11) is 3.21. The van der Waals surface area contributed by atoms with E-state index in [-0.39, 0.29) is 0 Å². The zero-order chi connectivity index (χ0) is 20.8. The molecule has 1 aromatic carbocycles. The van der Waals surface area contributed by atoms with Crippen LogP contribution in [-0.4, -0.2) is 62.5 Å². The molecule has 1 aromatic heterocycles. The Morgan fingerprint density at radius 3 is 2.52 bits per heavy atom. The molecule has 8 heteroatoms. The molecule has 0 spiro atoms. The molecule has 0 saturated carbocycles. The van der Waals surface area contributed by atoms with Gasteiger partial charge in [-0.25, -0.2) is 15.5 Å². The van der Waals surface area contributed by atoms with Gasteiger partial charge in [0.2, 0.25) is 11.8 Å². The summed E-state index contributed by atoms with van der Waals surface area (Å²) in [6, 6.07) is 10.5. The van der Waals surface area contributed by atoms with E-state index in [0.717, 1.165) is 37.4 Å². The smallest absolute Gasteiger partial charge is 0.240 e. The fourth-order valence-electron chi connectivity index (χ4n) is 3.31. The van der Waals surface area contributed by atoms with Crippen LogP contribution in [0.15, 0.2) is 40.2 Å². The molecule has 1 saturated heterocycles. The maximum absolute atomic E-state index is 5.43. The summed E-state index contributed by atoms with van der Waals surface area (Å²) in [5.41, 5.74) is 6.91. The number of guanidine groups is 1. The number of hydrogen-bond donors (Lipinski definition) is 1. The highest BCUT2D eigenvalue weighted by Gasteiger charge is 2.22. The molecule has 0 radical (unpaired) electrons. The number of benzene rings is 1. The highest BCUT2D eigenvalue weighted by molar-refractivity contribution is 7.98. The molecule has 1 aliphatic rings. The Morgan fingerprint density at radius 2 is 1.86 bits per heavy atom. The highest BCUT2D eigenvalue weighted by Crippen LogP contribution is 2.30. The third kappa shape index (κ3) is 4.94. The summed E-state index contributed by atoms with van der Waals surface area (Å²) in [4.78, 5) is 20.4. The molecule has 1 fully saturated rings. The van der Waals surface area contributed by atoms with E-state index in [0.29, 0.717) is 17.5 Å². The Balaban J connectivity index is 1.80. The molecule has 1 aliphatic heterocycles. The van der Waals surface area contributed by atoms with Gasteiger partial charge >= 0.3 is 0 Å². The fourth-order valence-corrected chi connectivity index (χ4v) is 3.93. The normalized spacial score (nSPS) is 14.9. The molecule has 0 atom stereocenters. The number of hydrogen-bond acceptors (Lipinski definition) is 6. The number of para-hydroxylation sites is 1. The van der Waals surface area contributed by atoms with Crippen LogP contribution in [0.2, 0.25) is 0 Å². The van der Waals surface area contributed by atoms with E-state index < -0.39 is 0 Å². The zero-order valence-corrected chi connectivity index (χ0v) is 18.5. The van der Waals surface area contributed by atoms with Crippen LogP contribution in [0, 0.1) is 13.8 Å². The number of aliphatic imine (C=N–C) groups is 1. The molecule has 1 N–H and O–H groups in total. The van der Waals surface area contributed by atoms with E-state index in [2.05, 4.69) is 50.8 Å². The number of aryl methyl sites for hydroxylation is 2. The Hall–Kier alpha value is -2.45. The predicted octanol–water partition coefficient (Wildman–Crippen LogP) is 3.39. The van der Waals surface area contributed by atoms with Gasteiger partial charge in [-0.1, -0.05) is 12.1 Å². The first-order chi connectivity index (χ1) is 14.1. The standard InChI is InChI=1S/C21H29N5O2S/c1-15-14-17(20(27-3)22-16(15)2)23-21(24-28-4)26-12-10-25(11-13-26)18-8-6-7-9-19(18)29-5/h6-9,14H,10-13H2,1-5H3,(H,23,24). The maximum Gasteiger partial charge on any atom is 0.240 e. The van der Waals surface area contributed by atoms with Crippen LogP contribution >= 0.6 is 11.8 Å². The van der Waals surface area contributed by atoms with Crippen molar-refractivity contribution >= 4 is 29.1 Å². The minimum atomic E-state index is 0.510. The first kappa shape index (κ1) is 21.3. The molecule has 156 valence electrons. The van der Waals surface area contributed by atoms with E-state index in [1.54, 1.807) is 26.0 Å². The quantitative estimate of drug-likeness (QED) is 0.348. The van der Waals surface area contributed by atoms with Crippen LogP contribution in [0.3, 0.4) is 0 Å². The van der Waals surface area contributed by atoms with E-state index >= 15 is 0 Å². The van der Waals surface area contributed by atoms with Gasteiger partial charge in [0.25, 0.3) is 0 Å². The Labute approximate surface area is 177 Å². The lowest BCUT2D eigenvalue weighted by molar-refractivity contribution is 0.129. The third-order valence-electron chi connectivity index (χ3n) is 5.03. The summed E-state index contributed by atoms with van der Waals surface area (Å²) >= 11 is 1.78. The van der Waals surface area contributed by atoms with Gasteiger partial charge in [0.15, 0.2) is 0 Å². The Morgan fingerprint density at radius 1 is 1.14 bits per heavy atom. The number of piperazine rings is 1. The molecule has 29 heavy (non-hydrogen) atoms. The molecule has 0 aliphatic carbocycles. The van der Waals surface area contributed by atoms with E-state index in [9.17, 15) is 0 Å². The molecule has 0 unspecified atom stereocenters.